The number of hydrogen-bond donors (Lipinski definition) is 1. The predicted octanol–water partition coefficient (Wildman–Crippen LogP) is 2.51. The lowest BCUT2D eigenvalue weighted by molar-refractivity contribution is 0.00224. The van der Waals surface area contributed by atoms with Gasteiger partial charge in [-0.1, -0.05) is 27.7 Å². The van der Waals surface area contributed by atoms with Crippen molar-refractivity contribution in [3.05, 3.63) is 0 Å². The maximum Gasteiger partial charge on any atom is 0.0637 e. The van der Waals surface area contributed by atoms with Crippen LogP contribution in [0.1, 0.15) is 47.0 Å². The van der Waals surface area contributed by atoms with E-state index >= 15 is 0 Å². The van der Waals surface area contributed by atoms with Gasteiger partial charge in [0.1, 0.15) is 0 Å². The van der Waals surface area contributed by atoms with E-state index in [1.807, 2.05) is 0 Å². The molecular formula is C16H32N2O. The zero-order chi connectivity index (χ0) is 13.9. The molecule has 0 radical (unpaired) electrons. The molecular weight excluding hydrogens is 236 g/mol. The first-order valence-electron chi connectivity index (χ1n) is 8.07. The van der Waals surface area contributed by atoms with Crippen molar-refractivity contribution in [3.8, 4) is 0 Å². The molecule has 0 aromatic rings. The largest absolute Gasteiger partial charge is 0.380 e. The van der Waals surface area contributed by atoms with Crippen molar-refractivity contribution in [2.45, 2.75) is 59.0 Å². The third kappa shape index (κ3) is 3.93. The van der Waals surface area contributed by atoms with Gasteiger partial charge < -0.3 is 10.1 Å². The Morgan fingerprint density at radius 2 is 2.05 bits per heavy atom. The lowest BCUT2D eigenvalue weighted by Crippen LogP contribution is -2.55. The fraction of sp³-hybridized carbons (Fsp3) is 1.00. The lowest BCUT2D eigenvalue weighted by atomic mass is 9.80. The van der Waals surface area contributed by atoms with Gasteiger partial charge in [-0.3, -0.25) is 4.90 Å². The summed E-state index contributed by atoms with van der Waals surface area (Å²) in [6.07, 6.45) is 3.73. The van der Waals surface area contributed by atoms with Crippen LogP contribution in [0, 0.1) is 11.3 Å². The summed E-state index contributed by atoms with van der Waals surface area (Å²) in [5.74, 6) is 0.834. The summed E-state index contributed by atoms with van der Waals surface area (Å²) in [6, 6.07) is 1.22. The topological polar surface area (TPSA) is 24.5 Å². The van der Waals surface area contributed by atoms with Crippen molar-refractivity contribution in [1.82, 2.24) is 10.2 Å². The first-order valence-corrected chi connectivity index (χ1v) is 8.07. The fourth-order valence-electron chi connectivity index (χ4n) is 3.45. The molecule has 3 atom stereocenters. The molecule has 0 aromatic carbocycles. The van der Waals surface area contributed by atoms with E-state index in [4.69, 9.17) is 4.74 Å². The van der Waals surface area contributed by atoms with Crippen LogP contribution in [0.2, 0.25) is 0 Å². The third-order valence-corrected chi connectivity index (χ3v) is 4.90. The predicted molar refractivity (Wildman–Crippen MR) is 80.4 cm³/mol. The minimum absolute atomic E-state index is 0.441. The van der Waals surface area contributed by atoms with E-state index in [2.05, 4.69) is 37.9 Å². The zero-order valence-corrected chi connectivity index (χ0v) is 13.2. The molecule has 0 amide bonds. The minimum Gasteiger partial charge on any atom is -0.380 e. The van der Waals surface area contributed by atoms with Crippen LogP contribution < -0.4 is 5.32 Å². The van der Waals surface area contributed by atoms with Gasteiger partial charge in [0, 0.05) is 25.2 Å². The molecule has 19 heavy (non-hydrogen) atoms. The highest BCUT2D eigenvalue weighted by molar-refractivity contribution is 4.93. The van der Waals surface area contributed by atoms with Crippen LogP contribution in [-0.4, -0.2) is 49.8 Å². The van der Waals surface area contributed by atoms with Gasteiger partial charge in [0.15, 0.2) is 0 Å². The van der Waals surface area contributed by atoms with Crippen LogP contribution in [0.3, 0.4) is 0 Å². The molecule has 3 unspecified atom stereocenters. The molecule has 3 heteroatoms. The number of nitrogens with one attached hydrogen (secondary N) is 1. The Kier molecular flexibility index (Phi) is 5.27. The molecule has 0 spiro atoms. The Bertz CT molecular complexity index is 274. The van der Waals surface area contributed by atoms with Gasteiger partial charge in [-0.25, -0.2) is 0 Å². The van der Waals surface area contributed by atoms with Crippen molar-refractivity contribution in [2.75, 3.05) is 32.8 Å². The van der Waals surface area contributed by atoms with Crippen LogP contribution in [0.5, 0.6) is 0 Å². The standard InChI is InChI=1S/C16H32N2O/c1-5-8-17-14-7-10-19-12-15(14)18-9-6-13(11-18)16(2,3)4/h13-15,17H,5-12H2,1-4H3. The molecule has 2 saturated heterocycles. The number of rotatable bonds is 4. The third-order valence-electron chi connectivity index (χ3n) is 4.90. The molecule has 112 valence electrons. The van der Waals surface area contributed by atoms with E-state index < -0.39 is 0 Å². The number of nitrogens with zero attached hydrogens (tertiary/aromatic N) is 1. The summed E-state index contributed by atoms with van der Waals surface area (Å²) in [6.45, 7) is 14.9. The molecule has 2 aliphatic rings. The maximum atomic E-state index is 5.74. The number of hydrogen-bond acceptors (Lipinski definition) is 3. The van der Waals surface area contributed by atoms with Gasteiger partial charge >= 0.3 is 0 Å². The summed E-state index contributed by atoms with van der Waals surface area (Å²) < 4.78 is 5.74. The summed E-state index contributed by atoms with van der Waals surface area (Å²) in [4.78, 5) is 2.68. The van der Waals surface area contributed by atoms with Crippen LogP contribution in [0.25, 0.3) is 0 Å². The first-order chi connectivity index (χ1) is 9.02. The Morgan fingerprint density at radius 3 is 2.68 bits per heavy atom. The number of ether oxygens (including phenoxy) is 1. The average molecular weight is 268 g/mol. The molecule has 2 heterocycles. The number of likely N-dealkylation sites (tertiary alicyclic amines) is 1. The second-order valence-electron chi connectivity index (χ2n) is 7.34. The summed E-state index contributed by atoms with van der Waals surface area (Å²) in [5.41, 5.74) is 0.441. The van der Waals surface area contributed by atoms with Crippen LogP contribution in [0.15, 0.2) is 0 Å². The molecule has 1 N–H and O–H groups in total. The summed E-state index contributed by atoms with van der Waals surface area (Å²) in [7, 11) is 0. The fourth-order valence-corrected chi connectivity index (χ4v) is 3.45. The maximum absolute atomic E-state index is 5.74. The van der Waals surface area contributed by atoms with Gasteiger partial charge in [-0.05, 0) is 43.7 Å². The van der Waals surface area contributed by atoms with Gasteiger partial charge in [0.25, 0.3) is 0 Å². The Balaban J connectivity index is 1.92. The first kappa shape index (κ1) is 15.3. The van der Waals surface area contributed by atoms with Crippen molar-refractivity contribution in [2.24, 2.45) is 11.3 Å². The Morgan fingerprint density at radius 1 is 1.26 bits per heavy atom. The van der Waals surface area contributed by atoms with Crippen molar-refractivity contribution >= 4 is 0 Å². The minimum atomic E-state index is 0.441. The molecule has 2 rings (SSSR count). The lowest BCUT2D eigenvalue weighted by Gasteiger charge is -2.39. The van der Waals surface area contributed by atoms with Gasteiger partial charge in [0.05, 0.1) is 6.61 Å². The van der Waals surface area contributed by atoms with Gasteiger partial charge in [-0.2, -0.15) is 0 Å². The van der Waals surface area contributed by atoms with E-state index in [9.17, 15) is 0 Å². The smallest absolute Gasteiger partial charge is 0.0637 e. The Labute approximate surface area is 119 Å². The van der Waals surface area contributed by atoms with Gasteiger partial charge in [0.2, 0.25) is 0 Å². The van der Waals surface area contributed by atoms with Gasteiger partial charge in [-0.15, -0.1) is 0 Å². The van der Waals surface area contributed by atoms with E-state index in [-0.39, 0.29) is 0 Å². The molecule has 0 aromatic heterocycles. The van der Waals surface area contributed by atoms with Crippen molar-refractivity contribution in [3.63, 3.8) is 0 Å². The Hall–Kier alpha value is -0.120. The normalized spacial score (nSPS) is 33.8. The molecule has 0 saturated carbocycles. The van der Waals surface area contributed by atoms with E-state index in [0.717, 1.165) is 25.7 Å². The summed E-state index contributed by atoms with van der Waals surface area (Å²) in [5, 5.41) is 3.73. The average Bonchev–Trinajstić information content (AvgIpc) is 2.86. The molecule has 2 aliphatic heterocycles. The van der Waals surface area contributed by atoms with Crippen molar-refractivity contribution < 1.29 is 4.74 Å². The van der Waals surface area contributed by atoms with E-state index in [1.54, 1.807) is 0 Å². The molecule has 0 aliphatic carbocycles. The molecule has 0 bridgehead atoms. The van der Waals surface area contributed by atoms with Crippen molar-refractivity contribution in [1.29, 1.82) is 0 Å². The van der Waals surface area contributed by atoms with Crippen LogP contribution in [0.4, 0.5) is 0 Å². The highest BCUT2D eigenvalue weighted by Gasteiger charge is 2.38. The monoisotopic (exact) mass is 268 g/mol. The molecule has 3 nitrogen and oxygen atoms in total. The summed E-state index contributed by atoms with van der Waals surface area (Å²) >= 11 is 0. The van der Waals surface area contributed by atoms with Crippen LogP contribution in [-0.2, 0) is 4.74 Å². The SMILES string of the molecule is CCCNC1CCOCC1N1CCC(C(C)(C)C)C1. The highest BCUT2D eigenvalue weighted by atomic mass is 16.5. The van der Waals surface area contributed by atoms with E-state index in [1.165, 1.54) is 32.4 Å². The second-order valence-corrected chi connectivity index (χ2v) is 7.34. The zero-order valence-electron chi connectivity index (χ0n) is 13.2. The van der Waals surface area contributed by atoms with Crippen LogP contribution >= 0.6 is 0 Å². The quantitative estimate of drug-likeness (QED) is 0.848. The highest BCUT2D eigenvalue weighted by Crippen LogP contribution is 2.35. The molecule has 2 fully saturated rings. The second kappa shape index (κ2) is 6.55. The van der Waals surface area contributed by atoms with E-state index in [0.29, 0.717) is 17.5 Å².